The third-order valence-corrected chi connectivity index (χ3v) is 11.4. The lowest BCUT2D eigenvalue weighted by Gasteiger charge is -2.18. The van der Waals surface area contributed by atoms with Crippen molar-refractivity contribution < 1.29 is 28.6 Å². The van der Waals surface area contributed by atoms with E-state index in [-0.39, 0.29) is 44.0 Å². The zero-order valence-corrected chi connectivity index (χ0v) is 45.2. The van der Waals surface area contributed by atoms with Crippen LogP contribution in [0.2, 0.25) is 0 Å². The van der Waals surface area contributed by atoms with Gasteiger partial charge in [-0.15, -0.1) is 0 Å². The van der Waals surface area contributed by atoms with E-state index in [1.807, 2.05) is 134 Å². The zero-order valence-electron chi connectivity index (χ0n) is 45.2. The molecule has 0 aromatic heterocycles. The Labute approximate surface area is 435 Å². The fraction of sp³-hybridized carbons (Fsp3) is 0.554. The minimum absolute atomic E-state index is 0.117. The van der Waals surface area contributed by atoms with Crippen molar-refractivity contribution >= 4 is 17.9 Å². The van der Waals surface area contributed by atoms with Crippen LogP contribution in [0.15, 0.2) is 158 Å². The molecule has 0 aromatic carbocycles. The smallest absolute Gasteiger partial charge is 0.306 e. The van der Waals surface area contributed by atoms with Gasteiger partial charge >= 0.3 is 17.9 Å². The molecule has 0 saturated carbocycles. The highest BCUT2D eigenvalue weighted by Crippen LogP contribution is 2.15. The molecule has 0 aliphatic heterocycles. The van der Waals surface area contributed by atoms with Crippen LogP contribution in [0.5, 0.6) is 0 Å². The van der Waals surface area contributed by atoms with E-state index in [4.69, 9.17) is 14.2 Å². The van der Waals surface area contributed by atoms with Crippen molar-refractivity contribution in [1.82, 2.24) is 0 Å². The summed E-state index contributed by atoms with van der Waals surface area (Å²) in [6.07, 6.45) is 83.6. The Bertz CT molecular complexity index is 1640. The summed E-state index contributed by atoms with van der Waals surface area (Å²) in [5.41, 5.74) is 0. The minimum atomic E-state index is -0.828. The van der Waals surface area contributed by atoms with Crippen LogP contribution >= 0.6 is 0 Å². The lowest BCUT2D eigenvalue weighted by atomic mass is 10.0. The van der Waals surface area contributed by atoms with Crippen molar-refractivity contribution in [2.75, 3.05) is 13.2 Å². The number of carbonyl (C=O) groups excluding carboxylic acids is 3. The maximum absolute atomic E-state index is 12.8. The van der Waals surface area contributed by atoms with Gasteiger partial charge in [0.2, 0.25) is 0 Å². The number of rotatable bonds is 48. The van der Waals surface area contributed by atoms with Crippen LogP contribution in [-0.2, 0) is 28.6 Å². The first-order chi connectivity index (χ1) is 35.0. The summed E-state index contributed by atoms with van der Waals surface area (Å²) in [5.74, 6) is -1.01. The standard InChI is InChI=1S/C65H100O6/c1-4-7-10-13-16-19-22-25-28-31-32-35-37-40-43-46-49-52-55-58-64(67)70-61-62(71-65(68)59-56-53-50-47-44-41-38-34-30-27-24-21-18-15-12-9-6-3)60-69-63(66)57-54-51-48-45-42-39-36-33-29-26-23-20-17-14-11-8-5-2/h7,9-10,12-13,15-16,18-19,21-22,24-25,27-28,30-32,34-35,37-38,40-41,43-44,62H,4-6,8,11,14,17,20,23,26,29,33,36,39,42,45-61H2,1-3H3/b10-7-,12-9-,16-13-,18-15-,22-19-,24-21-,28-25-,30-27-,32-31+,37-35-,38-34+,43-40-,44-41-. The van der Waals surface area contributed by atoms with Gasteiger partial charge in [-0.25, -0.2) is 0 Å². The number of unbranched alkanes of at least 4 members (excludes halogenated alkanes) is 22. The monoisotopic (exact) mass is 977 g/mol. The van der Waals surface area contributed by atoms with Gasteiger partial charge in [-0.2, -0.15) is 0 Å². The summed E-state index contributed by atoms with van der Waals surface area (Å²) in [4.78, 5) is 38.2. The van der Waals surface area contributed by atoms with Gasteiger partial charge in [-0.05, 0) is 57.8 Å². The van der Waals surface area contributed by atoms with Gasteiger partial charge in [0.05, 0.1) is 0 Å². The Hall–Kier alpha value is -4.97. The molecular formula is C65H100O6. The number of allylic oxidation sites excluding steroid dienone is 26. The summed E-state index contributed by atoms with van der Waals surface area (Å²) >= 11 is 0. The average Bonchev–Trinajstić information content (AvgIpc) is 3.37. The predicted molar refractivity (Wildman–Crippen MR) is 306 cm³/mol. The van der Waals surface area contributed by atoms with E-state index >= 15 is 0 Å². The molecular weight excluding hydrogens is 877 g/mol. The van der Waals surface area contributed by atoms with Crippen molar-refractivity contribution in [2.24, 2.45) is 0 Å². The van der Waals surface area contributed by atoms with Crippen LogP contribution in [0.4, 0.5) is 0 Å². The van der Waals surface area contributed by atoms with Crippen LogP contribution < -0.4 is 0 Å². The Morgan fingerprint density at radius 2 is 0.549 bits per heavy atom. The Balaban J connectivity index is 4.60. The molecule has 71 heavy (non-hydrogen) atoms. The van der Waals surface area contributed by atoms with E-state index in [1.165, 1.54) is 89.9 Å². The summed E-state index contributed by atoms with van der Waals surface area (Å²) in [5, 5.41) is 0. The molecule has 0 aromatic rings. The molecule has 0 spiro atoms. The van der Waals surface area contributed by atoms with E-state index in [1.54, 1.807) is 0 Å². The maximum atomic E-state index is 12.8. The van der Waals surface area contributed by atoms with Gasteiger partial charge in [0, 0.05) is 19.3 Å². The third-order valence-electron chi connectivity index (χ3n) is 11.4. The number of ether oxygens (including phenoxy) is 3. The highest BCUT2D eigenvalue weighted by Gasteiger charge is 2.19. The molecule has 0 aliphatic rings. The molecule has 396 valence electrons. The average molecular weight is 978 g/mol. The van der Waals surface area contributed by atoms with Crippen molar-refractivity contribution in [3.63, 3.8) is 0 Å². The molecule has 1 unspecified atom stereocenters. The quantitative estimate of drug-likeness (QED) is 0.0262. The lowest BCUT2D eigenvalue weighted by Crippen LogP contribution is -2.30. The van der Waals surface area contributed by atoms with Crippen LogP contribution in [0, 0.1) is 0 Å². The second kappa shape index (κ2) is 57.6. The Morgan fingerprint density at radius 3 is 0.859 bits per heavy atom. The van der Waals surface area contributed by atoms with Crippen LogP contribution in [0.1, 0.15) is 213 Å². The van der Waals surface area contributed by atoms with Crippen LogP contribution in [-0.4, -0.2) is 37.2 Å². The Kier molecular flexibility index (Phi) is 53.6. The van der Waals surface area contributed by atoms with Gasteiger partial charge in [0.25, 0.3) is 0 Å². The minimum Gasteiger partial charge on any atom is -0.462 e. The van der Waals surface area contributed by atoms with Crippen molar-refractivity contribution in [3.8, 4) is 0 Å². The first kappa shape index (κ1) is 66.0. The van der Waals surface area contributed by atoms with Crippen LogP contribution in [0.25, 0.3) is 0 Å². The number of hydrogen-bond donors (Lipinski definition) is 0. The molecule has 0 rings (SSSR count). The van der Waals surface area contributed by atoms with Crippen molar-refractivity contribution in [1.29, 1.82) is 0 Å². The molecule has 0 heterocycles. The molecule has 0 fully saturated rings. The van der Waals surface area contributed by atoms with E-state index in [9.17, 15) is 14.4 Å². The van der Waals surface area contributed by atoms with E-state index < -0.39 is 6.10 Å². The molecule has 0 N–H and O–H groups in total. The van der Waals surface area contributed by atoms with Gasteiger partial charge in [0.1, 0.15) is 13.2 Å². The number of hydrogen-bond acceptors (Lipinski definition) is 6. The highest BCUT2D eigenvalue weighted by atomic mass is 16.6. The number of esters is 3. The summed E-state index contributed by atoms with van der Waals surface area (Å²) in [6, 6.07) is 0. The molecule has 0 aliphatic carbocycles. The maximum Gasteiger partial charge on any atom is 0.306 e. The van der Waals surface area contributed by atoms with Gasteiger partial charge in [-0.1, -0.05) is 294 Å². The summed E-state index contributed by atoms with van der Waals surface area (Å²) in [7, 11) is 0. The highest BCUT2D eigenvalue weighted by molar-refractivity contribution is 5.71. The molecule has 6 nitrogen and oxygen atoms in total. The molecule has 0 saturated heterocycles. The first-order valence-corrected chi connectivity index (χ1v) is 28.2. The van der Waals surface area contributed by atoms with Gasteiger partial charge < -0.3 is 14.2 Å². The third kappa shape index (κ3) is 55.8. The fourth-order valence-electron chi connectivity index (χ4n) is 7.22. The normalized spacial score (nSPS) is 13.3. The largest absolute Gasteiger partial charge is 0.462 e. The lowest BCUT2D eigenvalue weighted by molar-refractivity contribution is -0.167. The first-order valence-electron chi connectivity index (χ1n) is 28.2. The van der Waals surface area contributed by atoms with E-state index in [2.05, 4.69) is 45.1 Å². The molecule has 1 atom stereocenters. The van der Waals surface area contributed by atoms with E-state index in [0.717, 1.165) is 70.6 Å². The van der Waals surface area contributed by atoms with Crippen molar-refractivity contribution in [3.05, 3.63) is 158 Å². The molecule has 0 radical (unpaired) electrons. The topological polar surface area (TPSA) is 78.9 Å². The SMILES string of the molecule is CC\C=C/C=C\C=C/C=C\C=C\C=C/C=C\CCCCCC(=O)OCC(COC(=O)CCCCCCCCCCCCCCCCCCC)OC(=O)CCCCC\C=C/C=C/C=C\C=C/C=C\C=C/CC. The van der Waals surface area contributed by atoms with Gasteiger partial charge in [0.15, 0.2) is 6.10 Å². The fourth-order valence-corrected chi connectivity index (χ4v) is 7.22. The second-order valence-electron chi connectivity index (χ2n) is 18.1. The number of carbonyl (C=O) groups is 3. The van der Waals surface area contributed by atoms with E-state index in [0.29, 0.717) is 19.3 Å². The Morgan fingerprint density at radius 1 is 0.296 bits per heavy atom. The predicted octanol–water partition coefficient (Wildman–Crippen LogP) is 19.0. The second-order valence-corrected chi connectivity index (χ2v) is 18.1. The summed E-state index contributed by atoms with van der Waals surface area (Å²) in [6.45, 7) is 6.26. The molecule has 6 heteroatoms. The molecule has 0 bridgehead atoms. The summed E-state index contributed by atoms with van der Waals surface area (Å²) < 4.78 is 16.8. The van der Waals surface area contributed by atoms with Crippen molar-refractivity contribution in [2.45, 2.75) is 219 Å². The zero-order chi connectivity index (χ0) is 51.4. The molecule has 0 amide bonds. The van der Waals surface area contributed by atoms with Gasteiger partial charge in [-0.3, -0.25) is 14.4 Å². The van der Waals surface area contributed by atoms with Crippen LogP contribution in [0.3, 0.4) is 0 Å².